The van der Waals surface area contributed by atoms with Crippen molar-refractivity contribution in [2.24, 2.45) is 5.92 Å². The molecular weight excluding hydrogens is 196 g/mol. The van der Waals surface area contributed by atoms with Crippen LogP contribution in [0.3, 0.4) is 0 Å². The minimum Gasteiger partial charge on any atom is -0.313 e. The third-order valence-electron chi connectivity index (χ3n) is 4.05. The van der Waals surface area contributed by atoms with Crippen molar-refractivity contribution in [1.82, 2.24) is 10.2 Å². The first-order chi connectivity index (χ1) is 7.84. The Hall–Kier alpha value is -0.0800. The molecule has 2 fully saturated rings. The average molecular weight is 224 g/mol. The molecule has 0 radical (unpaired) electrons. The monoisotopic (exact) mass is 224 g/mol. The average Bonchev–Trinajstić information content (AvgIpc) is 3.05. The molecule has 2 heteroatoms. The second-order valence-electron chi connectivity index (χ2n) is 5.85. The van der Waals surface area contributed by atoms with Crippen molar-refractivity contribution in [2.75, 3.05) is 26.7 Å². The Bertz CT molecular complexity index is 181. The first-order valence-corrected chi connectivity index (χ1v) is 7.26. The summed E-state index contributed by atoms with van der Waals surface area (Å²) in [6, 6.07) is 0.867. The molecular formula is C14H28N2. The maximum Gasteiger partial charge on any atom is 0.0104 e. The molecule has 0 bridgehead atoms. The predicted octanol–water partition coefficient (Wildman–Crippen LogP) is 2.64. The molecule has 0 aromatic carbocycles. The molecule has 0 amide bonds. The summed E-state index contributed by atoms with van der Waals surface area (Å²) in [6.07, 6.45) is 11.7. The van der Waals surface area contributed by atoms with Crippen LogP contribution in [0.2, 0.25) is 0 Å². The Balaban J connectivity index is 1.55. The molecule has 0 aliphatic heterocycles. The summed E-state index contributed by atoms with van der Waals surface area (Å²) in [6.45, 7) is 3.74. The van der Waals surface area contributed by atoms with E-state index in [1.165, 1.54) is 71.0 Å². The highest BCUT2D eigenvalue weighted by Gasteiger charge is 2.20. The van der Waals surface area contributed by atoms with Gasteiger partial charge in [-0.2, -0.15) is 0 Å². The molecule has 0 heterocycles. The number of hydrogen-bond acceptors (Lipinski definition) is 2. The van der Waals surface area contributed by atoms with Crippen LogP contribution in [0, 0.1) is 5.92 Å². The summed E-state index contributed by atoms with van der Waals surface area (Å²) in [4.78, 5) is 2.53. The molecule has 94 valence electrons. The third-order valence-corrected chi connectivity index (χ3v) is 4.05. The lowest BCUT2D eigenvalue weighted by Gasteiger charge is -2.23. The smallest absolute Gasteiger partial charge is 0.0104 e. The first kappa shape index (κ1) is 12.4. The molecule has 0 unspecified atom stereocenters. The van der Waals surface area contributed by atoms with Crippen molar-refractivity contribution >= 4 is 0 Å². The second kappa shape index (κ2) is 6.61. The number of nitrogens with zero attached hydrogens (tertiary/aromatic N) is 1. The lowest BCUT2D eigenvalue weighted by atomic mass is 10.00. The van der Waals surface area contributed by atoms with Crippen LogP contribution in [0.5, 0.6) is 0 Å². The zero-order chi connectivity index (χ0) is 11.2. The summed E-state index contributed by atoms with van der Waals surface area (Å²) < 4.78 is 0. The fraction of sp³-hybridized carbons (Fsp3) is 1.00. The van der Waals surface area contributed by atoms with E-state index in [1.54, 1.807) is 0 Å². The molecule has 2 rings (SSSR count). The summed E-state index contributed by atoms with van der Waals surface area (Å²) in [5.74, 6) is 0.980. The molecule has 0 saturated heterocycles. The van der Waals surface area contributed by atoms with E-state index in [1.807, 2.05) is 0 Å². The Morgan fingerprint density at radius 1 is 1.00 bits per heavy atom. The molecule has 0 aromatic heterocycles. The third kappa shape index (κ3) is 4.84. The predicted molar refractivity (Wildman–Crippen MR) is 69.7 cm³/mol. The quantitative estimate of drug-likeness (QED) is 0.698. The molecule has 2 aliphatic rings. The van der Waals surface area contributed by atoms with E-state index in [2.05, 4.69) is 17.3 Å². The van der Waals surface area contributed by atoms with E-state index in [4.69, 9.17) is 0 Å². The van der Waals surface area contributed by atoms with Gasteiger partial charge in [0.05, 0.1) is 0 Å². The van der Waals surface area contributed by atoms with Crippen LogP contribution in [0.4, 0.5) is 0 Å². The van der Waals surface area contributed by atoms with Gasteiger partial charge in [0.1, 0.15) is 0 Å². The van der Waals surface area contributed by atoms with Gasteiger partial charge in [0, 0.05) is 25.7 Å². The van der Waals surface area contributed by atoms with Gasteiger partial charge < -0.3 is 10.2 Å². The van der Waals surface area contributed by atoms with Gasteiger partial charge in [-0.3, -0.25) is 0 Å². The number of nitrogens with one attached hydrogen (secondary N) is 1. The Morgan fingerprint density at radius 2 is 1.69 bits per heavy atom. The zero-order valence-corrected chi connectivity index (χ0v) is 10.9. The van der Waals surface area contributed by atoms with Crippen LogP contribution in [-0.2, 0) is 0 Å². The SMILES string of the molecule is CN(CCNC1CC1)CC1CCCCCC1. The molecule has 2 nitrogen and oxygen atoms in total. The molecule has 0 atom stereocenters. The van der Waals surface area contributed by atoms with Crippen molar-refractivity contribution in [3.63, 3.8) is 0 Å². The fourth-order valence-corrected chi connectivity index (χ4v) is 2.83. The van der Waals surface area contributed by atoms with Crippen LogP contribution in [0.1, 0.15) is 51.4 Å². The minimum atomic E-state index is 0.867. The van der Waals surface area contributed by atoms with Gasteiger partial charge in [0.25, 0.3) is 0 Å². The summed E-state index contributed by atoms with van der Waals surface area (Å²) in [7, 11) is 2.29. The Morgan fingerprint density at radius 3 is 2.31 bits per heavy atom. The largest absolute Gasteiger partial charge is 0.313 e. The van der Waals surface area contributed by atoms with Gasteiger partial charge in [0.15, 0.2) is 0 Å². The van der Waals surface area contributed by atoms with Gasteiger partial charge in [0.2, 0.25) is 0 Å². The number of likely N-dealkylation sites (N-methyl/N-ethyl adjacent to an activating group) is 1. The number of rotatable bonds is 6. The van der Waals surface area contributed by atoms with E-state index >= 15 is 0 Å². The molecule has 0 aromatic rings. The van der Waals surface area contributed by atoms with Crippen molar-refractivity contribution < 1.29 is 0 Å². The highest BCUT2D eigenvalue weighted by atomic mass is 15.1. The highest BCUT2D eigenvalue weighted by molar-refractivity contribution is 4.81. The standard InChI is InChI=1S/C14H28N2/c1-16(11-10-15-14-8-9-14)12-13-6-4-2-3-5-7-13/h13-15H,2-12H2,1H3. The van der Waals surface area contributed by atoms with Crippen molar-refractivity contribution in [3.8, 4) is 0 Å². The van der Waals surface area contributed by atoms with E-state index in [9.17, 15) is 0 Å². The summed E-state index contributed by atoms with van der Waals surface area (Å²) in [5, 5.41) is 3.60. The molecule has 2 saturated carbocycles. The van der Waals surface area contributed by atoms with Crippen LogP contribution in [-0.4, -0.2) is 37.6 Å². The summed E-state index contributed by atoms with van der Waals surface area (Å²) >= 11 is 0. The van der Waals surface area contributed by atoms with Crippen molar-refractivity contribution in [1.29, 1.82) is 0 Å². The zero-order valence-electron chi connectivity index (χ0n) is 10.9. The van der Waals surface area contributed by atoms with Crippen molar-refractivity contribution in [3.05, 3.63) is 0 Å². The fourth-order valence-electron chi connectivity index (χ4n) is 2.83. The first-order valence-electron chi connectivity index (χ1n) is 7.26. The van der Waals surface area contributed by atoms with Gasteiger partial charge in [-0.25, -0.2) is 0 Å². The second-order valence-corrected chi connectivity index (χ2v) is 5.85. The maximum absolute atomic E-state index is 3.60. The Kier molecular flexibility index (Phi) is 5.11. The number of hydrogen-bond donors (Lipinski definition) is 1. The minimum absolute atomic E-state index is 0.867. The van der Waals surface area contributed by atoms with Crippen molar-refractivity contribution in [2.45, 2.75) is 57.4 Å². The lowest BCUT2D eigenvalue weighted by Crippen LogP contribution is -2.33. The van der Waals surface area contributed by atoms with Gasteiger partial charge in [-0.15, -0.1) is 0 Å². The molecule has 2 aliphatic carbocycles. The van der Waals surface area contributed by atoms with Crippen LogP contribution in [0.15, 0.2) is 0 Å². The normalized spacial score (nSPS) is 23.6. The topological polar surface area (TPSA) is 15.3 Å². The Labute approximate surface area is 101 Å². The van der Waals surface area contributed by atoms with Crippen LogP contribution >= 0.6 is 0 Å². The van der Waals surface area contributed by atoms with E-state index in [0.29, 0.717) is 0 Å². The van der Waals surface area contributed by atoms with Crippen LogP contribution in [0.25, 0.3) is 0 Å². The van der Waals surface area contributed by atoms with Crippen LogP contribution < -0.4 is 5.32 Å². The van der Waals surface area contributed by atoms with E-state index in [0.717, 1.165) is 12.0 Å². The summed E-state index contributed by atoms with van der Waals surface area (Å²) in [5.41, 5.74) is 0. The van der Waals surface area contributed by atoms with E-state index < -0.39 is 0 Å². The van der Waals surface area contributed by atoms with Gasteiger partial charge in [-0.1, -0.05) is 25.7 Å². The maximum atomic E-state index is 3.60. The molecule has 16 heavy (non-hydrogen) atoms. The molecule has 1 N–H and O–H groups in total. The van der Waals surface area contributed by atoms with Gasteiger partial charge in [-0.05, 0) is 38.6 Å². The highest BCUT2D eigenvalue weighted by Crippen LogP contribution is 2.23. The lowest BCUT2D eigenvalue weighted by molar-refractivity contribution is 0.259. The van der Waals surface area contributed by atoms with E-state index in [-0.39, 0.29) is 0 Å². The van der Waals surface area contributed by atoms with Gasteiger partial charge >= 0.3 is 0 Å². The molecule has 0 spiro atoms.